The van der Waals surface area contributed by atoms with Crippen molar-refractivity contribution in [3.8, 4) is 5.88 Å². The number of ether oxygens (including phenoxy) is 2. The van der Waals surface area contributed by atoms with Crippen molar-refractivity contribution < 1.29 is 19.3 Å². The van der Waals surface area contributed by atoms with Crippen LogP contribution in [0.25, 0.3) is 11.0 Å². The van der Waals surface area contributed by atoms with Gasteiger partial charge in [-0.1, -0.05) is 0 Å². The third-order valence-corrected chi connectivity index (χ3v) is 2.36. The molecule has 2 rings (SSSR count). The number of rotatable bonds is 3. The van der Waals surface area contributed by atoms with Crippen molar-refractivity contribution in [2.75, 3.05) is 7.11 Å². The molecule has 94 valence electrons. The fourth-order valence-corrected chi connectivity index (χ4v) is 1.60. The fraction of sp³-hybridized carbons (Fsp3) is 0.308. The number of carbonyl (C=O) groups is 1. The molecule has 0 atom stereocenters. The van der Waals surface area contributed by atoms with E-state index in [1.54, 1.807) is 24.4 Å². The molecular formula is C13H15N2O3+. The molecule has 0 aliphatic rings. The first-order chi connectivity index (χ1) is 8.60. The Balaban J connectivity index is 2.39. The van der Waals surface area contributed by atoms with Crippen LogP contribution in [0, 0.1) is 0 Å². The van der Waals surface area contributed by atoms with E-state index in [4.69, 9.17) is 4.74 Å². The fourth-order valence-electron chi connectivity index (χ4n) is 1.60. The van der Waals surface area contributed by atoms with E-state index >= 15 is 0 Å². The third kappa shape index (κ3) is 2.56. The highest BCUT2D eigenvalue weighted by Gasteiger charge is 2.12. The molecule has 0 saturated carbocycles. The average molecular weight is 247 g/mol. The lowest BCUT2D eigenvalue weighted by Gasteiger charge is -2.04. The monoisotopic (exact) mass is 247 g/mol. The van der Waals surface area contributed by atoms with E-state index in [2.05, 4.69) is 14.7 Å². The van der Waals surface area contributed by atoms with Crippen LogP contribution in [0.4, 0.5) is 0 Å². The van der Waals surface area contributed by atoms with E-state index < -0.39 is 0 Å². The summed E-state index contributed by atoms with van der Waals surface area (Å²) in [6.45, 7) is 3.89. The SMILES string of the molecule is COC(=O)c1ccc2[nH+]c(OC(C)C)cnc2c1. The molecule has 0 radical (unpaired) electrons. The molecule has 5 heteroatoms. The van der Waals surface area contributed by atoms with Gasteiger partial charge in [0.1, 0.15) is 11.7 Å². The van der Waals surface area contributed by atoms with Crippen molar-refractivity contribution in [3.05, 3.63) is 30.0 Å². The van der Waals surface area contributed by atoms with Crippen LogP contribution in [-0.2, 0) is 4.74 Å². The predicted molar refractivity (Wildman–Crippen MR) is 65.4 cm³/mol. The minimum absolute atomic E-state index is 0.0786. The van der Waals surface area contributed by atoms with E-state index in [1.807, 2.05) is 13.8 Å². The van der Waals surface area contributed by atoms with Crippen LogP contribution in [0.3, 0.4) is 0 Å². The largest absolute Gasteiger partial charge is 0.465 e. The highest BCUT2D eigenvalue weighted by molar-refractivity contribution is 5.92. The van der Waals surface area contributed by atoms with E-state index in [-0.39, 0.29) is 12.1 Å². The van der Waals surface area contributed by atoms with E-state index in [9.17, 15) is 4.79 Å². The van der Waals surface area contributed by atoms with Gasteiger partial charge >= 0.3 is 11.8 Å². The van der Waals surface area contributed by atoms with Crippen LogP contribution in [0.1, 0.15) is 24.2 Å². The summed E-state index contributed by atoms with van der Waals surface area (Å²) in [5.41, 5.74) is 1.97. The number of benzene rings is 1. The highest BCUT2D eigenvalue weighted by Crippen LogP contribution is 2.13. The number of aromatic amines is 1. The zero-order valence-electron chi connectivity index (χ0n) is 10.6. The van der Waals surface area contributed by atoms with Gasteiger partial charge in [-0.25, -0.2) is 9.78 Å². The maximum Gasteiger partial charge on any atom is 0.385 e. The summed E-state index contributed by atoms with van der Waals surface area (Å²) in [6, 6.07) is 5.14. The van der Waals surface area contributed by atoms with Gasteiger partial charge in [0, 0.05) is 6.07 Å². The van der Waals surface area contributed by atoms with E-state index in [0.29, 0.717) is 17.0 Å². The molecule has 0 aliphatic heterocycles. The van der Waals surface area contributed by atoms with E-state index in [0.717, 1.165) is 5.52 Å². The Labute approximate surface area is 105 Å². The molecule has 2 aromatic rings. The minimum Gasteiger partial charge on any atom is -0.465 e. The first-order valence-corrected chi connectivity index (χ1v) is 5.67. The molecule has 0 amide bonds. The van der Waals surface area contributed by atoms with Gasteiger partial charge in [0.15, 0.2) is 0 Å². The number of esters is 1. The molecule has 0 aliphatic carbocycles. The van der Waals surface area contributed by atoms with Crippen LogP contribution in [-0.4, -0.2) is 24.2 Å². The second-order valence-electron chi connectivity index (χ2n) is 4.14. The Morgan fingerprint density at radius 3 is 2.83 bits per heavy atom. The zero-order chi connectivity index (χ0) is 13.1. The van der Waals surface area contributed by atoms with Crippen LogP contribution >= 0.6 is 0 Å². The van der Waals surface area contributed by atoms with Crippen molar-refractivity contribution in [1.29, 1.82) is 0 Å². The molecule has 1 heterocycles. The number of nitrogens with one attached hydrogen (secondary N) is 1. The topological polar surface area (TPSA) is 62.6 Å². The lowest BCUT2D eigenvalue weighted by atomic mass is 10.2. The summed E-state index contributed by atoms with van der Waals surface area (Å²) in [5.74, 6) is 0.226. The third-order valence-electron chi connectivity index (χ3n) is 2.36. The molecule has 1 aromatic heterocycles. The van der Waals surface area contributed by atoms with Crippen molar-refractivity contribution in [2.45, 2.75) is 20.0 Å². The maximum absolute atomic E-state index is 11.4. The zero-order valence-corrected chi connectivity index (χ0v) is 10.6. The van der Waals surface area contributed by atoms with Gasteiger partial charge in [-0.3, -0.25) is 0 Å². The molecule has 0 saturated heterocycles. The number of fused-ring (bicyclic) bond motifs is 1. The Hall–Kier alpha value is -2.17. The van der Waals surface area contributed by atoms with Gasteiger partial charge in [-0.05, 0) is 26.0 Å². The first kappa shape index (κ1) is 12.3. The summed E-state index contributed by atoms with van der Waals surface area (Å²) in [6.07, 6.45) is 1.68. The number of methoxy groups -OCH3 is 1. The van der Waals surface area contributed by atoms with Crippen LogP contribution in [0.2, 0.25) is 0 Å². The molecule has 0 spiro atoms. The number of nitrogens with zero attached hydrogens (tertiary/aromatic N) is 1. The van der Waals surface area contributed by atoms with Crippen molar-refractivity contribution in [3.63, 3.8) is 0 Å². The van der Waals surface area contributed by atoms with Crippen LogP contribution < -0.4 is 9.72 Å². The quantitative estimate of drug-likeness (QED) is 0.773. The van der Waals surface area contributed by atoms with Gasteiger partial charge < -0.3 is 9.47 Å². The summed E-state index contributed by atoms with van der Waals surface area (Å²) in [5, 5.41) is 0. The Morgan fingerprint density at radius 1 is 1.39 bits per heavy atom. The van der Waals surface area contributed by atoms with Crippen LogP contribution in [0.15, 0.2) is 24.4 Å². The lowest BCUT2D eigenvalue weighted by Crippen LogP contribution is -2.16. The molecular weight excluding hydrogens is 232 g/mol. The summed E-state index contributed by atoms with van der Waals surface area (Å²) >= 11 is 0. The number of hydrogen-bond acceptors (Lipinski definition) is 4. The van der Waals surface area contributed by atoms with Crippen molar-refractivity contribution >= 4 is 17.0 Å². The van der Waals surface area contributed by atoms with Gasteiger partial charge in [0.25, 0.3) is 0 Å². The molecule has 1 aromatic carbocycles. The summed E-state index contributed by atoms with van der Waals surface area (Å²) < 4.78 is 10.2. The number of H-pyrrole nitrogens is 1. The molecule has 0 unspecified atom stereocenters. The Bertz CT molecular complexity index is 581. The first-order valence-electron chi connectivity index (χ1n) is 5.67. The second kappa shape index (κ2) is 5.00. The lowest BCUT2D eigenvalue weighted by molar-refractivity contribution is -0.366. The minimum atomic E-state index is -0.374. The number of aromatic nitrogens is 2. The van der Waals surface area contributed by atoms with Gasteiger partial charge in [-0.15, -0.1) is 0 Å². The smallest absolute Gasteiger partial charge is 0.385 e. The Kier molecular flexibility index (Phi) is 3.41. The van der Waals surface area contributed by atoms with Crippen molar-refractivity contribution in [2.24, 2.45) is 0 Å². The predicted octanol–water partition coefficient (Wildman–Crippen LogP) is 1.62. The molecule has 1 N–H and O–H groups in total. The van der Waals surface area contributed by atoms with Gasteiger partial charge in [0.05, 0.1) is 18.8 Å². The molecule has 0 fully saturated rings. The molecule has 5 nitrogen and oxygen atoms in total. The standard InChI is InChI=1S/C13H14N2O3/c1-8(2)18-12-7-14-11-6-9(13(16)17-3)4-5-10(11)15-12/h4-8H,1-3H3/p+1. The van der Waals surface area contributed by atoms with Crippen molar-refractivity contribution in [1.82, 2.24) is 4.98 Å². The maximum atomic E-state index is 11.4. The highest BCUT2D eigenvalue weighted by atomic mass is 16.5. The molecule has 0 bridgehead atoms. The number of carbonyl (C=O) groups excluding carboxylic acids is 1. The summed E-state index contributed by atoms with van der Waals surface area (Å²) in [4.78, 5) is 18.7. The summed E-state index contributed by atoms with van der Waals surface area (Å²) in [7, 11) is 1.35. The molecule has 18 heavy (non-hydrogen) atoms. The number of hydrogen-bond donors (Lipinski definition) is 0. The normalized spacial score (nSPS) is 10.7. The van der Waals surface area contributed by atoms with Gasteiger partial charge in [-0.2, -0.15) is 4.98 Å². The van der Waals surface area contributed by atoms with Gasteiger partial charge in [0.2, 0.25) is 5.52 Å². The van der Waals surface area contributed by atoms with Crippen LogP contribution in [0.5, 0.6) is 5.88 Å². The second-order valence-corrected chi connectivity index (χ2v) is 4.14. The average Bonchev–Trinajstić information content (AvgIpc) is 2.36. The van der Waals surface area contributed by atoms with E-state index in [1.165, 1.54) is 7.11 Å². The Morgan fingerprint density at radius 2 is 2.17 bits per heavy atom.